The first-order valence-corrected chi connectivity index (χ1v) is 12.6. The summed E-state index contributed by atoms with van der Waals surface area (Å²) < 4.78 is 39.7. The minimum atomic E-state index is -4.19. The number of carbonyl (C=O) groups is 3. The van der Waals surface area contributed by atoms with Gasteiger partial charge in [-0.3, -0.25) is 14.4 Å². The van der Waals surface area contributed by atoms with Gasteiger partial charge in [0.2, 0.25) is 11.8 Å². The zero-order valence-electron chi connectivity index (χ0n) is 19.2. The first kappa shape index (κ1) is 25.4. The van der Waals surface area contributed by atoms with Crippen LogP contribution in [0.3, 0.4) is 0 Å². The molecule has 3 rings (SSSR count). The molecule has 8 nitrogen and oxygen atoms in total. The third kappa shape index (κ3) is 5.27. The molecule has 0 radical (unpaired) electrons. The standard InChI is InChI=1S/C24H28FN3O5S/c1-3-5-14-26-23(30)20(4-2)27(15-17-10-12-18(25)13-11-17)22(29)16-28-24(31)19-8-6-7-9-21(19)34(28,32)33/h6-13,20H,3-5,14-16H2,1-2H3,(H,26,30)/t20-/m0/s1. The van der Waals surface area contributed by atoms with E-state index in [0.29, 0.717) is 16.4 Å². The number of halogens is 1. The van der Waals surface area contributed by atoms with Crippen LogP contribution >= 0.6 is 0 Å². The number of amides is 3. The first-order valence-electron chi connectivity index (χ1n) is 11.2. The average molecular weight is 490 g/mol. The van der Waals surface area contributed by atoms with Gasteiger partial charge in [-0.15, -0.1) is 0 Å². The van der Waals surface area contributed by atoms with Crippen LogP contribution in [0.2, 0.25) is 0 Å². The van der Waals surface area contributed by atoms with E-state index < -0.39 is 40.2 Å². The molecule has 1 heterocycles. The fourth-order valence-corrected chi connectivity index (χ4v) is 5.33. The molecule has 34 heavy (non-hydrogen) atoms. The number of nitrogens with zero attached hydrogens (tertiary/aromatic N) is 2. The smallest absolute Gasteiger partial charge is 0.269 e. The highest BCUT2D eigenvalue weighted by Crippen LogP contribution is 2.30. The van der Waals surface area contributed by atoms with Crippen molar-refractivity contribution < 1.29 is 27.2 Å². The van der Waals surface area contributed by atoms with Gasteiger partial charge in [0, 0.05) is 13.1 Å². The van der Waals surface area contributed by atoms with Crippen molar-refractivity contribution in [2.24, 2.45) is 0 Å². The Labute approximate surface area is 198 Å². The van der Waals surface area contributed by atoms with Gasteiger partial charge < -0.3 is 10.2 Å². The van der Waals surface area contributed by atoms with E-state index in [0.717, 1.165) is 12.8 Å². The molecule has 0 fully saturated rings. The molecular weight excluding hydrogens is 461 g/mol. The molecule has 0 unspecified atom stereocenters. The van der Waals surface area contributed by atoms with Crippen LogP contribution in [-0.2, 0) is 26.2 Å². The minimum Gasteiger partial charge on any atom is -0.354 e. The van der Waals surface area contributed by atoms with Gasteiger partial charge in [-0.1, -0.05) is 44.5 Å². The summed E-state index contributed by atoms with van der Waals surface area (Å²) in [5.41, 5.74) is 0.568. The van der Waals surface area contributed by atoms with E-state index in [1.807, 2.05) is 6.92 Å². The lowest BCUT2D eigenvalue weighted by atomic mass is 10.1. The molecule has 0 saturated carbocycles. The van der Waals surface area contributed by atoms with Gasteiger partial charge in [-0.25, -0.2) is 17.1 Å². The molecular formula is C24H28FN3O5S. The molecule has 0 aliphatic carbocycles. The molecule has 1 N–H and O–H groups in total. The van der Waals surface area contributed by atoms with Crippen LogP contribution in [-0.4, -0.2) is 54.5 Å². The summed E-state index contributed by atoms with van der Waals surface area (Å²) >= 11 is 0. The highest BCUT2D eigenvalue weighted by molar-refractivity contribution is 7.90. The second kappa shape index (κ2) is 10.8. The molecule has 2 aromatic carbocycles. The monoisotopic (exact) mass is 489 g/mol. The summed E-state index contributed by atoms with van der Waals surface area (Å²) in [6, 6.07) is 10.3. The zero-order valence-corrected chi connectivity index (χ0v) is 20.0. The van der Waals surface area contributed by atoms with Gasteiger partial charge in [0.05, 0.1) is 5.56 Å². The fraction of sp³-hybridized carbons (Fsp3) is 0.375. The molecule has 1 aliphatic heterocycles. The summed E-state index contributed by atoms with van der Waals surface area (Å²) in [7, 11) is -4.19. The zero-order chi connectivity index (χ0) is 24.9. The van der Waals surface area contributed by atoms with E-state index in [1.54, 1.807) is 13.0 Å². The number of fused-ring (bicyclic) bond motifs is 1. The number of hydrogen-bond acceptors (Lipinski definition) is 5. The van der Waals surface area contributed by atoms with Crippen LogP contribution < -0.4 is 5.32 Å². The van der Waals surface area contributed by atoms with Gasteiger partial charge in [0.15, 0.2) is 0 Å². The molecule has 1 atom stereocenters. The van der Waals surface area contributed by atoms with Crippen LogP contribution in [0, 0.1) is 5.82 Å². The molecule has 2 aromatic rings. The van der Waals surface area contributed by atoms with Gasteiger partial charge in [0.1, 0.15) is 23.3 Å². The summed E-state index contributed by atoms with van der Waals surface area (Å²) in [5, 5.41) is 2.81. The van der Waals surface area contributed by atoms with Gasteiger partial charge in [-0.05, 0) is 42.7 Å². The van der Waals surface area contributed by atoms with E-state index in [9.17, 15) is 27.2 Å². The normalized spacial score (nSPS) is 15.0. The van der Waals surface area contributed by atoms with Crippen molar-refractivity contribution in [3.8, 4) is 0 Å². The van der Waals surface area contributed by atoms with Crippen LogP contribution in [0.5, 0.6) is 0 Å². The van der Waals surface area contributed by atoms with Crippen molar-refractivity contribution >= 4 is 27.7 Å². The van der Waals surface area contributed by atoms with Gasteiger partial charge in [-0.2, -0.15) is 0 Å². The highest BCUT2D eigenvalue weighted by atomic mass is 32.2. The Morgan fingerprint density at radius 3 is 2.38 bits per heavy atom. The molecule has 3 amide bonds. The number of benzene rings is 2. The Hall–Kier alpha value is -3.27. The van der Waals surface area contributed by atoms with E-state index in [-0.39, 0.29) is 29.3 Å². The van der Waals surface area contributed by atoms with Gasteiger partial charge >= 0.3 is 0 Å². The SMILES string of the molecule is CCCCNC(=O)[C@H](CC)N(Cc1ccc(F)cc1)C(=O)CN1C(=O)c2ccccc2S1(=O)=O. The predicted octanol–water partition coefficient (Wildman–Crippen LogP) is 2.69. The number of sulfonamides is 1. The number of hydrogen-bond donors (Lipinski definition) is 1. The first-order chi connectivity index (χ1) is 16.2. The van der Waals surface area contributed by atoms with Crippen LogP contribution in [0.25, 0.3) is 0 Å². The maximum absolute atomic E-state index is 13.4. The van der Waals surface area contributed by atoms with Crippen molar-refractivity contribution in [3.05, 3.63) is 65.5 Å². The number of carbonyl (C=O) groups excluding carboxylic acids is 3. The van der Waals surface area contributed by atoms with Crippen molar-refractivity contribution in [3.63, 3.8) is 0 Å². The van der Waals surface area contributed by atoms with E-state index in [2.05, 4.69) is 5.32 Å². The Balaban J connectivity index is 1.89. The topological polar surface area (TPSA) is 104 Å². The van der Waals surface area contributed by atoms with E-state index in [1.165, 1.54) is 47.4 Å². The molecule has 1 aliphatic rings. The largest absolute Gasteiger partial charge is 0.354 e. The predicted molar refractivity (Wildman–Crippen MR) is 124 cm³/mol. The Morgan fingerprint density at radius 2 is 1.76 bits per heavy atom. The second-order valence-corrected chi connectivity index (χ2v) is 9.86. The van der Waals surface area contributed by atoms with Crippen LogP contribution in [0.15, 0.2) is 53.4 Å². The lowest BCUT2D eigenvalue weighted by molar-refractivity contribution is -0.141. The number of nitrogens with one attached hydrogen (secondary N) is 1. The Kier molecular flexibility index (Phi) is 8.03. The second-order valence-electron chi connectivity index (χ2n) is 8.03. The Bertz CT molecular complexity index is 1170. The highest BCUT2D eigenvalue weighted by Gasteiger charge is 2.43. The Morgan fingerprint density at radius 1 is 1.09 bits per heavy atom. The van der Waals surface area contributed by atoms with Crippen LogP contribution in [0.4, 0.5) is 4.39 Å². The quantitative estimate of drug-likeness (QED) is 0.517. The lowest BCUT2D eigenvalue weighted by Gasteiger charge is -2.31. The fourth-order valence-electron chi connectivity index (χ4n) is 3.81. The van der Waals surface area contributed by atoms with Crippen LogP contribution in [0.1, 0.15) is 49.0 Å². The molecule has 10 heteroatoms. The summed E-state index contributed by atoms with van der Waals surface area (Å²) in [6.45, 7) is 3.38. The number of rotatable bonds is 10. The summed E-state index contributed by atoms with van der Waals surface area (Å²) in [4.78, 5) is 40.2. The molecule has 0 aromatic heterocycles. The summed E-state index contributed by atoms with van der Waals surface area (Å²) in [6.07, 6.45) is 1.92. The third-order valence-corrected chi connectivity index (χ3v) is 7.46. The molecule has 0 bridgehead atoms. The van der Waals surface area contributed by atoms with Crippen molar-refractivity contribution in [1.82, 2.24) is 14.5 Å². The van der Waals surface area contributed by atoms with Crippen molar-refractivity contribution in [2.75, 3.05) is 13.1 Å². The maximum Gasteiger partial charge on any atom is 0.269 e. The average Bonchev–Trinajstić information content (AvgIpc) is 3.01. The number of unbranched alkanes of at least 4 members (excludes halogenated alkanes) is 1. The maximum atomic E-state index is 13.4. The molecule has 0 saturated heterocycles. The van der Waals surface area contributed by atoms with Crippen molar-refractivity contribution in [1.29, 1.82) is 0 Å². The van der Waals surface area contributed by atoms with E-state index >= 15 is 0 Å². The minimum absolute atomic E-state index is 0.00438. The summed E-state index contributed by atoms with van der Waals surface area (Å²) in [5.74, 6) is -2.31. The van der Waals surface area contributed by atoms with Crippen molar-refractivity contribution in [2.45, 2.75) is 50.6 Å². The van der Waals surface area contributed by atoms with E-state index in [4.69, 9.17) is 0 Å². The lowest BCUT2D eigenvalue weighted by Crippen LogP contribution is -2.52. The molecule has 182 valence electrons. The van der Waals surface area contributed by atoms with Gasteiger partial charge in [0.25, 0.3) is 15.9 Å². The third-order valence-electron chi connectivity index (χ3n) is 5.67. The molecule has 0 spiro atoms.